The average Bonchev–Trinajstić information content (AvgIpc) is 3.38. The van der Waals surface area contributed by atoms with E-state index in [1.54, 1.807) is 6.08 Å². The summed E-state index contributed by atoms with van der Waals surface area (Å²) in [6, 6.07) is 20.0. The number of carbonyl (C=O) groups is 2. The molecule has 7 nitrogen and oxygen atoms in total. The second-order valence-electron chi connectivity index (χ2n) is 9.92. The molecule has 2 amide bonds. The molecule has 38 heavy (non-hydrogen) atoms. The zero-order valence-corrected chi connectivity index (χ0v) is 22.1. The Bertz CT molecular complexity index is 1300. The summed E-state index contributed by atoms with van der Waals surface area (Å²) < 4.78 is 11.1. The summed E-state index contributed by atoms with van der Waals surface area (Å²) in [5.41, 5.74) is 3.82. The number of ether oxygens (including phenoxy) is 1. The highest BCUT2D eigenvalue weighted by molar-refractivity contribution is 5.95. The highest BCUT2D eigenvalue weighted by Crippen LogP contribution is 2.53. The van der Waals surface area contributed by atoms with Gasteiger partial charge in [-0.25, -0.2) is 4.79 Å². The Morgan fingerprint density at radius 3 is 2.66 bits per heavy atom. The number of aryl methyl sites for hydroxylation is 1. The van der Waals surface area contributed by atoms with Crippen LogP contribution in [0, 0.1) is 12.8 Å². The zero-order valence-electron chi connectivity index (χ0n) is 22.1. The molecule has 3 heterocycles. The number of likely N-dealkylation sites (tertiary alicyclic amines) is 1. The third-order valence-electron chi connectivity index (χ3n) is 7.60. The van der Waals surface area contributed by atoms with Gasteiger partial charge >= 0.3 is 6.09 Å². The predicted molar refractivity (Wildman–Crippen MR) is 147 cm³/mol. The van der Waals surface area contributed by atoms with Crippen LogP contribution in [0.2, 0.25) is 0 Å². The van der Waals surface area contributed by atoms with E-state index in [1.165, 1.54) is 5.56 Å². The van der Waals surface area contributed by atoms with E-state index >= 15 is 0 Å². The third-order valence-corrected chi connectivity index (χ3v) is 7.60. The number of hydrogen-bond acceptors (Lipinski definition) is 5. The molecule has 0 aliphatic carbocycles. The van der Waals surface area contributed by atoms with Crippen molar-refractivity contribution in [3.05, 3.63) is 102 Å². The van der Waals surface area contributed by atoms with Gasteiger partial charge in [-0.05, 0) is 68.1 Å². The first-order chi connectivity index (χ1) is 18.5. The van der Waals surface area contributed by atoms with Gasteiger partial charge < -0.3 is 24.3 Å². The lowest BCUT2D eigenvalue weighted by atomic mass is 9.73. The van der Waals surface area contributed by atoms with E-state index in [0.717, 1.165) is 36.4 Å². The summed E-state index contributed by atoms with van der Waals surface area (Å²) in [4.78, 5) is 30.7. The first-order valence-corrected chi connectivity index (χ1v) is 13.3. The van der Waals surface area contributed by atoms with Crippen molar-refractivity contribution in [2.24, 2.45) is 5.92 Å². The number of nitrogens with zero attached hydrogens (tertiary/aromatic N) is 2. The lowest BCUT2D eigenvalue weighted by Gasteiger charge is -2.52. The topological polar surface area (TPSA) is 75.0 Å². The first-order valence-electron chi connectivity index (χ1n) is 13.3. The van der Waals surface area contributed by atoms with Crippen LogP contribution in [-0.4, -0.2) is 36.6 Å². The van der Waals surface area contributed by atoms with Crippen LogP contribution in [0.15, 0.2) is 77.7 Å². The van der Waals surface area contributed by atoms with Gasteiger partial charge in [0, 0.05) is 30.3 Å². The fraction of sp³-hybridized carbons (Fsp3) is 0.355. The van der Waals surface area contributed by atoms with E-state index < -0.39 is 0 Å². The minimum atomic E-state index is -0.342. The molecular formula is C31H35N3O4. The maximum absolute atomic E-state index is 13.2. The van der Waals surface area contributed by atoms with Crippen LogP contribution in [0.25, 0.3) is 0 Å². The zero-order chi connectivity index (χ0) is 26.6. The molecule has 2 aliphatic heterocycles. The second-order valence-corrected chi connectivity index (χ2v) is 9.92. The normalized spacial score (nSPS) is 20.3. The van der Waals surface area contributed by atoms with Crippen molar-refractivity contribution >= 4 is 17.7 Å². The number of nitrogens with one attached hydrogen (secondary N) is 1. The molecule has 0 spiro atoms. The van der Waals surface area contributed by atoms with E-state index in [9.17, 15) is 9.59 Å². The number of benzene rings is 2. The van der Waals surface area contributed by atoms with Crippen LogP contribution in [0.1, 0.15) is 64.9 Å². The molecule has 198 valence electrons. The van der Waals surface area contributed by atoms with E-state index in [2.05, 4.69) is 48.0 Å². The number of piperidine rings is 1. The molecule has 1 aromatic heterocycles. The van der Waals surface area contributed by atoms with Gasteiger partial charge in [-0.2, -0.15) is 0 Å². The van der Waals surface area contributed by atoms with Gasteiger partial charge in [-0.3, -0.25) is 4.79 Å². The molecule has 0 bridgehead atoms. The summed E-state index contributed by atoms with van der Waals surface area (Å²) in [6.07, 6.45) is 3.11. The van der Waals surface area contributed by atoms with Crippen LogP contribution in [0.3, 0.4) is 0 Å². The molecule has 7 heteroatoms. The SMILES string of the molecule is C=CCOC(=O)N1CCC[C@H]2C(c3ccccc3)N(CC)c3ccc(C(=O)NCc4ccc(C)o4)cc3[C@H]21. The van der Waals surface area contributed by atoms with E-state index in [-0.39, 0.29) is 36.6 Å². The fourth-order valence-electron chi connectivity index (χ4n) is 6.04. The molecule has 1 saturated heterocycles. The molecule has 3 aromatic rings. The molecule has 0 radical (unpaired) electrons. The summed E-state index contributed by atoms with van der Waals surface area (Å²) in [5.74, 6) is 1.49. The number of furan rings is 1. The van der Waals surface area contributed by atoms with E-state index in [4.69, 9.17) is 9.15 Å². The molecule has 1 fully saturated rings. The Kier molecular flexibility index (Phi) is 7.54. The van der Waals surface area contributed by atoms with Crippen molar-refractivity contribution < 1.29 is 18.7 Å². The van der Waals surface area contributed by atoms with Gasteiger partial charge in [-0.1, -0.05) is 43.0 Å². The van der Waals surface area contributed by atoms with Crippen molar-refractivity contribution in [1.82, 2.24) is 10.2 Å². The monoisotopic (exact) mass is 513 g/mol. The van der Waals surface area contributed by atoms with Crippen molar-refractivity contribution in [3.8, 4) is 0 Å². The van der Waals surface area contributed by atoms with Crippen LogP contribution < -0.4 is 10.2 Å². The Balaban J connectivity index is 1.54. The molecule has 3 atom stereocenters. The average molecular weight is 514 g/mol. The fourth-order valence-corrected chi connectivity index (χ4v) is 6.04. The van der Waals surface area contributed by atoms with Crippen LogP contribution >= 0.6 is 0 Å². The van der Waals surface area contributed by atoms with Gasteiger partial charge in [-0.15, -0.1) is 0 Å². The van der Waals surface area contributed by atoms with Gasteiger partial charge in [0.15, 0.2) is 0 Å². The summed E-state index contributed by atoms with van der Waals surface area (Å²) >= 11 is 0. The van der Waals surface area contributed by atoms with Crippen LogP contribution in [-0.2, 0) is 11.3 Å². The van der Waals surface area contributed by atoms with Crippen molar-refractivity contribution in [2.75, 3.05) is 24.6 Å². The van der Waals surface area contributed by atoms with Crippen molar-refractivity contribution in [2.45, 2.75) is 45.3 Å². The van der Waals surface area contributed by atoms with E-state index in [0.29, 0.717) is 24.4 Å². The third kappa shape index (κ3) is 4.93. The number of amides is 2. The standard InChI is InChI=1S/C31H35N3O4/c1-4-18-37-31(36)34-17-9-12-25-28(22-10-7-6-8-11-22)33(5-2)27-16-14-23(19-26(27)29(25)34)30(35)32-20-24-15-13-21(3)38-24/h4,6-8,10-11,13-16,19,25,28-29H,1,5,9,12,17-18,20H2,2-3H3,(H,32,35)/t25-,28?,29-/m0/s1. The lowest BCUT2D eigenvalue weighted by Crippen LogP contribution is -2.51. The molecule has 2 aromatic carbocycles. The minimum Gasteiger partial charge on any atom is -0.465 e. The van der Waals surface area contributed by atoms with Gasteiger partial charge in [0.1, 0.15) is 18.1 Å². The van der Waals surface area contributed by atoms with Gasteiger partial charge in [0.25, 0.3) is 5.91 Å². The van der Waals surface area contributed by atoms with Crippen LogP contribution in [0.5, 0.6) is 0 Å². The largest absolute Gasteiger partial charge is 0.465 e. The number of rotatable bonds is 7. The molecule has 5 rings (SSSR count). The quantitative estimate of drug-likeness (QED) is 0.382. The summed E-state index contributed by atoms with van der Waals surface area (Å²) in [6.45, 7) is 9.61. The van der Waals surface area contributed by atoms with Gasteiger partial charge in [0.05, 0.1) is 18.6 Å². The first kappa shape index (κ1) is 25.6. The Hall–Kier alpha value is -4.00. The smallest absolute Gasteiger partial charge is 0.410 e. The molecule has 1 N–H and O–H groups in total. The Labute approximate surface area is 224 Å². The highest BCUT2D eigenvalue weighted by Gasteiger charge is 2.47. The van der Waals surface area contributed by atoms with Crippen LogP contribution in [0.4, 0.5) is 10.5 Å². The number of fused-ring (bicyclic) bond motifs is 3. The van der Waals surface area contributed by atoms with Crippen molar-refractivity contribution in [3.63, 3.8) is 0 Å². The minimum absolute atomic E-state index is 0.107. The second kappa shape index (κ2) is 11.2. The number of anilines is 1. The summed E-state index contributed by atoms with van der Waals surface area (Å²) in [5, 5.41) is 2.97. The Morgan fingerprint density at radius 1 is 1.13 bits per heavy atom. The summed E-state index contributed by atoms with van der Waals surface area (Å²) in [7, 11) is 0. The maximum Gasteiger partial charge on any atom is 0.410 e. The molecule has 1 unspecified atom stereocenters. The highest BCUT2D eigenvalue weighted by atomic mass is 16.6. The molecule has 0 saturated carbocycles. The number of carbonyl (C=O) groups excluding carboxylic acids is 2. The number of hydrogen-bond donors (Lipinski definition) is 1. The van der Waals surface area contributed by atoms with E-state index in [1.807, 2.05) is 48.2 Å². The predicted octanol–water partition coefficient (Wildman–Crippen LogP) is 6.17. The molecule has 2 aliphatic rings. The van der Waals surface area contributed by atoms with Crippen molar-refractivity contribution in [1.29, 1.82) is 0 Å². The Morgan fingerprint density at radius 2 is 1.95 bits per heavy atom. The lowest BCUT2D eigenvalue weighted by molar-refractivity contribution is 0.0465. The molecular weight excluding hydrogens is 478 g/mol. The maximum atomic E-state index is 13.2. The van der Waals surface area contributed by atoms with Gasteiger partial charge in [0.2, 0.25) is 0 Å².